The van der Waals surface area contributed by atoms with E-state index in [4.69, 9.17) is 0 Å². The van der Waals surface area contributed by atoms with Crippen molar-refractivity contribution in [3.8, 4) is 0 Å². The molecule has 2 N–H and O–H groups in total. The second-order valence-electron chi connectivity index (χ2n) is 7.81. The second-order valence-corrected chi connectivity index (χ2v) is 9.46. The van der Waals surface area contributed by atoms with Gasteiger partial charge in [0.1, 0.15) is 6.04 Å². The summed E-state index contributed by atoms with van der Waals surface area (Å²) >= 11 is 0. The van der Waals surface area contributed by atoms with Gasteiger partial charge in [-0.2, -0.15) is 13.2 Å². The Labute approximate surface area is 191 Å². The van der Waals surface area contributed by atoms with Crippen molar-refractivity contribution in [2.75, 3.05) is 4.72 Å². The molecule has 2 aliphatic rings. The standard InChI is InChI=1S/C21H16F3N3O6S/c1-10-2-6-16(14(8-10)21(22,23)24)34(32,33)26-11-3-4-12-13(9-11)20(31)27(19(12)30)15-5-7-17(28)25-18(15)29/h2-4,6,8-9,15,26H,5,7H2,1H3,(H,25,28,29). The summed E-state index contributed by atoms with van der Waals surface area (Å²) in [6.07, 6.45) is -5.07. The number of fused-ring (bicyclic) bond motifs is 1. The summed E-state index contributed by atoms with van der Waals surface area (Å²) in [4.78, 5) is 48.7. The third-order valence-electron chi connectivity index (χ3n) is 5.42. The first-order valence-corrected chi connectivity index (χ1v) is 11.3. The molecular formula is C21H16F3N3O6S. The number of nitrogens with one attached hydrogen (secondary N) is 2. The minimum atomic E-state index is -4.93. The quantitative estimate of drug-likeness (QED) is 0.626. The molecule has 2 heterocycles. The Kier molecular flexibility index (Phi) is 5.47. The molecule has 2 aliphatic heterocycles. The Hall–Kier alpha value is -3.74. The largest absolute Gasteiger partial charge is 0.417 e. The molecule has 2 aromatic rings. The molecule has 13 heteroatoms. The van der Waals surface area contributed by atoms with Gasteiger partial charge in [-0.15, -0.1) is 0 Å². The van der Waals surface area contributed by atoms with Crippen molar-refractivity contribution >= 4 is 39.3 Å². The number of amides is 4. The molecule has 0 aliphatic carbocycles. The molecule has 4 rings (SSSR count). The molecule has 0 bridgehead atoms. The zero-order valence-electron chi connectivity index (χ0n) is 17.4. The number of piperidine rings is 1. The number of alkyl halides is 3. The van der Waals surface area contributed by atoms with Crippen LogP contribution in [0.1, 0.15) is 44.7 Å². The lowest BCUT2D eigenvalue weighted by Gasteiger charge is -2.27. The fourth-order valence-corrected chi connectivity index (χ4v) is 5.10. The molecule has 0 saturated carbocycles. The van der Waals surface area contributed by atoms with Crippen LogP contribution in [0.4, 0.5) is 18.9 Å². The van der Waals surface area contributed by atoms with Crippen molar-refractivity contribution in [2.45, 2.75) is 36.9 Å². The molecule has 1 saturated heterocycles. The molecule has 0 aromatic heterocycles. The van der Waals surface area contributed by atoms with E-state index in [0.29, 0.717) is 11.0 Å². The van der Waals surface area contributed by atoms with Gasteiger partial charge < -0.3 is 0 Å². The average molecular weight is 495 g/mol. The molecule has 0 spiro atoms. The van der Waals surface area contributed by atoms with Gasteiger partial charge in [-0.25, -0.2) is 8.42 Å². The number of carbonyl (C=O) groups excluding carboxylic acids is 4. The predicted molar refractivity (Wildman–Crippen MR) is 110 cm³/mol. The van der Waals surface area contributed by atoms with Crippen molar-refractivity contribution in [3.05, 3.63) is 58.7 Å². The predicted octanol–water partition coefficient (Wildman–Crippen LogP) is 2.22. The molecule has 0 radical (unpaired) electrons. The van der Waals surface area contributed by atoms with E-state index >= 15 is 0 Å². The van der Waals surface area contributed by atoms with E-state index in [1.165, 1.54) is 13.0 Å². The third kappa shape index (κ3) is 4.02. The topological polar surface area (TPSA) is 130 Å². The molecule has 9 nitrogen and oxygen atoms in total. The Bertz CT molecular complexity index is 1370. The van der Waals surface area contributed by atoms with E-state index in [1.54, 1.807) is 0 Å². The Morgan fingerprint density at radius 2 is 1.68 bits per heavy atom. The monoisotopic (exact) mass is 495 g/mol. The van der Waals surface area contributed by atoms with Gasteiger partial charge in [-0.3, -0.25) is 34.1 Å². The highest BCUT2D eigenvalue weighted by Gasteiger charge is 2.45. The molecule has 2 aromatic carbocycles. The van der Waals surface area contributed by atoms with Gasteiger partial charge in [0.2, 0.25) is 11.8 Å². The minimum absolute atomic E-state index is 0.0662. The van der Waals surface area contributed by atoms with E-state index in [0.717, 1.165) is 24.3 Å². The second kappa shape index (κ2) is 7.94. The van der Waals surface area contributed by atoms with Crippen molar-refractivity contribution in [1.82, 2.24) is 10.2 Å². The van der Waals surface area contributed by atoms with Gasteiger partial charge in [0, 0.05) is 12.1 Å². The molecule has 34 heavy (non-hydrogen) atoms. The maximum Gasteiger partial charge on any atom is 0.417 e. The van der Waals surface area contributed by atoms with Crippen LogP contribution in [0.5, 0.6) is 0 Å². The number of sulfonamides is 1. The number of nitrogens with zero attached hydrogens (tertiary/aromatic N) is 1. The zero-order valence-corrected chi connectivity index (χ0v) is 18.2. The SMILES string of the molecule is Cc1ccc(S(=O)(=O)Nc2ccc3c(c2)C(=O)N(C2CCC(=O)NC2=O)C3=O)c(C(F)(F)F)c1. The van der Waals surface area contributed by atoms with Crippen molar-refractivity contribution in [3.63, 3.8) is 0 Å². The summed E-state index contributed by atoms with van der Waals surface area (Å²) in [5, 5.41) is 2.05. The van der Waals surface area contributed by atoms with E-state index < -0.39 is 56.3 Å². The number of benzene rings is 2. The van der Waals surface area contributed by atoms with Crippen LogP contribution < -0.4 is 10.0 Å². The van der Waals surface area contributed by atoms with Crippen LogP contribution in [0.15, 0.2) is 41.3 Å². The highest BCUT2D eigenvalue weighted by atomic mass is 32.2. The normalized spacial score (nSPS) is 18.7. The van der Waals surface area contributed by atoms with E-state index in [2.05, 4.69) is 0 Å². The number of hydrogen-bond acceptors (Lipinski definition) is 6. The number of hydrogen-bond donors (Lipinski definition) is 2. The summed E-state index contributed by atoms with van der Waals surface area (Å²) in [5.41, 5.74) is -1.73. The lowest BCUT2D eigenvalue weighted by atomic mass is 10.0. The fourth-order valence-electron chi connectivity index (χ4n) is 3.84. The first kappa shape index (κ1) is 23.4. The zero-order chi connectivity index (χ0) is 25.0. The van der Waals surface area contributed by atoms with Crippen LogP contribution in [0.2, 0.25) is 0 Å². The minimum Gasteiger partial charge on any atom is -0.295 e. The van der Waals surface area contributed by atoms with Crippen molar-refractivity contribution in [2.24, 2.45) is 0 Å². The maximum atomic E-state index is 13.4. The van der Waals surface area contributed by atoms with Gasteiger partial charge in [0.25, 0.3) is 21.8 Å². The van der Waals surface area contributed by atoms with Crippen LogP contribution in [0.3, 0.4) is 0 Å². The number of halogens is 3. The summed E-state index contributed by atoms with van der Waals surface area (Å²) in [6, 6.07) is 4.81. The van der Waals surface area contributed by atoms with Gasteiger partial charge in [0.15, 0.2) is 0 Å². The Balaban J connectivity index is 1.66. The van der Waals surface area contributed by atoms with Crippen molar-refractivity contribution in [1.29, 1.82) is 0 Å². The number of anilines is 1. The molecule has 4 amide bonds. The van der Waals surface area contributed by atoms with Gasteiger partial charge in [0.05, 0.1) is 21.6 Å². The van der Waals surface area contributed by atoms with Crippen LogP contribution in [0, 0.1) is 6.92 Å². The molecule has 178 valence electrons. The lowest BCUT2D eigenvalue weighted by Crippen LogP contribution is -2.54. The smallest absolute Gasteiger partial charge is 0.295 e. The third-order valence-corrected chi connectivity index (χ3v) is 6.86. The van der Waals surface area contributed by atoms with Gasteiger partial charge in [-0.1, -0.05) is 11.6 Å². The molecular weight excluding hydrogens is 479 g/mol. The summed E-state index contributed by atoms with van der Waals surface area (Å²) in [5.74, 6) is -3.04. The fraction of sp³-hybridized carbons (Fsp3) is 0.238. The Morgan fingerprint density at radius 3 is 2.32 bits per heavy atom. The van der Waals surface area contributed by atoms with E-state index in [9.17, 15) is 40.8 Å². The summed E-state index contributed by atoms with van der Waals surface area (Å²) in [6.45, 7) is 1.39. The highest BCUT2D eigenvalue weighted by Crippen LogP contribution is 2.36. The van der Waals surface area contributed by atoms with Crippen LogP contribution >= 0.6 is 0 Å². The van der Waals surface area contributed by atoms with Gasteiger partial charge >= 0.3 is 6.18 Å². The number of imide groups is 2. The maximum absolute atomic E-state index is 13.4. The first-order valence-electron chi connectivity index (χ1n) is 9.86. The number of rotatable bonds is 4. The first-order chi connectivity index (χ1) is 15.8. The summed E-state index contributed by atoms with van der Waals surface area (Å²) in [7, 11) is -4.72. The number of aryl methyl sites for hydroxylation is 1. The van der Waals surface area contributed by atoms with Gasteiger partial charge in [-0.05, 0) is 43.7 Å². The van der Waals surface area contributed by atoms with Crippen LogP contribution in [0.25, 0.3) is 0 Å². The van der Waals surface area contributed by atoms with Crippen molar-refractivity contribution < 1.29 is 40.8 Å². The van der Waals surface area contributed by atoms with E-state index in [-0.39, 0.29) is 35.2 Å². The van der Waals surface area contributed by atoms with Crippen LogP contribution in [-0.4, -0.2) is 43.0 Å². The highest BCUT2D eigenvalue weighted by molar-refractivity contribution is 7.92. The molecule has 1 unspecified atom stereocenters. The summed E-state index contributed by atoms with van der Waals surface area (Å²) < 4.78 is 67.8. The molecule has 1 fully saturated rings. The number of carbonyl (C=O) groups is 4. The van der Waals surface area contributed by atoms with E-state index in [1.807, 2.05) is 10.0 Å². The molecule has 1 atom stereocenters. The Morgan fingerprint density at radius 1 is 1.00 bits per heavy atom. The lowest BCUT2D eigenvalue weighted by molar-refractivity contribution is -0.140. The average Bonchev–Trinajstić information content (AvgIpc) is 2.97. The van der Waals surface area contributed by atoms with Crippen LogP contribution in [-0.2, 0) is 25.8 Å².